The first-order valence-corrected chi connectivity index (χ1v) is 8.02. The van der Waals surface area contributed by atoms with Crippen LogP contribution in [0.25, 0.3) is 0 Å². The summed E-state index contributed by atoms with van der Waals surface area (Å²) < 4.78 is 27.3. The molecule has 7 nitrogen and oxygen atoms in total. The van der Waals surface area contributed by atoms with Gasteiger partial charge in [0.15, 0.2) is 0 Å². The third-order valence-corrected chi connectivity index (χ3v) is 5.16. The Labute approximate surface area is 124 Å². The number of aliphatic hydroxyl groups is 1. The van der Waals surface area contributed by atoms with E-state index >= 15 is 0 Å². The van der Waals surface area contributed by atoms with Crippen LogP contribution in [0.1, 0.15) is 30.0 Å². The van der Waals surface area contributed by atoms with Gasteiger partial charge in [-0.15, -0.1) is 0 Å². The molecule has 0 aliphatic rings. The largest absolute Gasteiger partial charge is 0.395 e. The fourth-order valence-electron chi connectivity index (χ4n) is 2.38. The molecule has 1 aromatic carbocycles. The Kier molecular flexibility index (Phi) is 5.43. The van der Waals surface area contributed by atoms with Crippen molar-refractivity contribution in [3.05, 3.63) is 32.9 Å². The van der Waals surface area contributed by atoms with Crippen molar-refractivity contribution in [1.82, 2.24) is 4.72 Å². The highest BCUT2D eigenvalue weighted by molar-refractivity contribution is 7.89. The molecule has 0 aliphatic carbocycles. The van der Waals surface area contributed by atoms with E-state index in [1.165, 1.54) is 13.0 Å². The van der Waals surface area contributed by atoms with Crippen LogP contribution in [0, 0.1) is 30.9 Å². The Morgan fingerprint density at radius 2 is 1.90 bits per heavy atom. The van der Waals surface area contributed by atoms with Crippen molar-refractivity contribution in [3.8, 4) is 0 Å². The van der Waals surface area contributed by atoms with Crippen molar-refractivity contribution in [3.63, 3.8) is 0 Å². The molecule has 8 heteroatoms. The standard InChI is InChI=1S/C13H20N2O5S/c1-5-11(7-16)14-21(19,20)13-9(3)6-8(2)12(10(13)4)15(17)18/h6,11,14,16H,5,7H2,1-4H3/t11-/m1/s1. The zero-order valence-corrected chi connectivity index (χ0v) is 13.3. The summed E-state index contributed by atoms with van der Waals surface area (Å²) in [6.45, 7) is 6.00. The Bertz CT molecular complexity index is 651. The number of nitrogens with zero attached hydrogens (tertiary/aromatic N) is 1. The van der Waals surface area contributed by atoms with E-state index in [1.54, 1.807) is 20.8 Å². The van der Waals surface area contributed by atoms with Crippen LogP contribution in [0.15, 0.2) is 11.0 Å². The average Bonchev–Trinajstić information content (AvgIpc) is 2.34. The maximum absolute atomic E-state index is 12.4. The first-order chi connectivity index (χ1) is 9.65. The molecule has 2 N–H and O–H groups in total. The minimum atomic E-state index is -3.93. The Morgan fingerprint density at radius 3 is 2.33 bits per heavy atom. The summed E-state index contributed by atoms with van der Waals surface area (Å²) in [4.78, 5) is 10.5. The lowest BCUT2D eigenvalue weighted by molar-refractivity contribution is -0.386. The molecular formula is C13H20N2O5S. The smallest absolute Gasteiger partial charge is 0.276 e. The minimum Gasteiger partial charge on any atom is -0.395 e. The van der Waals surface area contributed by atoms with Crippen LogP contribution < -0.4 is 4.72 Å². The van der Waals surface area contributed by atoms with Crippen molar-refractivity contribution >= 4 is 15.7 Å². The van der Waals surface area contributed by atoms with E-state index in [2.05, 4.69) is 4.72 Å². The molecule has 0 saturated carbocycles. The molecule has 1 aromatic rings. The molecule has 118 valence electrons. The Balaban J connectivity index is 3.49. The van der Waals surface area contributed by atoms with E-state index in [9.17, 15) is 18.5 Å². The van der Waals surface area contributed by atoms with E-state index in [4.69, 9.17) is 5.11 Å². The van der Waals surface area contributed by atoms with Gasteiger partial charge in [-0.05, 0) is 38.8 Å². The van der Waals surface area contributed by atoms with Gasteiger partial charge in [0.25, 0.3) is 5.69 Å². The second-order valence-electron chi connectivity index (χ2n) is 4.98. The van der Waals surface area contributed by atoms with Gasteiger partial charge in [-0.3, -0.25) is 10.1 Å². The zero-order valence-electron chi connectivity index (χ0n) is 12.5. The number of benzene rings is 1. The molecule has 0 spiro atoms. The van der Waals surface area contributed by atoms with E-state index < -0.39 is 21.0 Å². The van der Waals surface area contributed by atoms with Gasteiger partial charge >= 0.3 is 0 Å². The number of nitro benzene ring substituents is 1. The van der Waals surface area contributed by atoms with E-state index in [0.29, 0.717) is 17.5 Å². The van der Waals surface area contributed by atoms with Crippen molar-refractivity contribution in [2.24, 2.45) is 0 Å². The molecule has 21 heavy (non-hydrogen) atoms. The number of rotatable bonds is 6. The second kappa shape index (κ2) is 6.50. The van der Waals surface area contributed by atoms with Crippen LogP contribution in [0.2, 0.25) is 0 Å². The number of aliphatic hydroxyl groups excluding tert-OH is 1. The number of nitro groups is 1. The van der Waals surface area contributed by atoms with Crippen LogP contribution in [0.3, 0.4) is 0 Å². The molecule has 0 heterocycles. The highest BCUT2D eigenvalue weighted by Gasteiger charge is 2.28. The van der Waals surface area contributed by atoms with Gasteiger partial charge in [-0.25, -0.2) is 13.1 Å². The van der Waals surface area contributed by atoms with E-state index in [1.807, 2.05) is 0 Å². The number of hydrogen-bond acceptors (Lipinski definition) is 5. The summed E-state index contributed by atoms with van der Waals surface area (Å²) in [7, 11) is -3.93. The highest BCUT2D eigenvalue weighted by Crippen LogP contribution is 2.31. The predicted octanol–water partition coefficient (Wildman–Crippen LogP) is 1.57. The molecule has 1 atom stereocenters. The van der Waals surface area contributed by atoms with Gasteiger partial charge in [-0.2, -0.15) is 0 Å². The van der Waals surface area contributed by atoms with Crippen LogP contribution >= 0.6 is 0 Å². The summed E-state index contributed by atoms with van der Waals surface area (Å²) in [5, 5.41) is 20.2. The van der Waals surface area contributed by atoms with Crippen LogP contribution in [-0.4, -0.2) is 31.1 Å². The molecule has 0 aliphatic heterocycles. The molecule has 0 aromatic heterocycles. The zero-order chi connectivity index (χ0) is 16.4. The van der Waals surface area contributed by atoms with Crippen LogP contribution in [0.4, 0.5) is 5.69 Å². The normalized spacial score (nSPS) is 13.2. The summed E-state index contributed by atoms with van der Waals surface area (Å²) in [6, 6.07) is 0.869. The fourth-order valence-corrected chi connectivity index (χ4v) is 4.16. The molecular weight excluding hydrogens is 296 g/mol. The predicted molar refractivity (Wildman–Crippen MR) is 78.8 cm³/mol. The quantitative estimate of drug-likeness (QED) is 0.611. The van der Waals surface area contributed by atoms with Gasteiger partial charge in [0.2, 0.25) is 10.0 Å². The topological polar surface area (TPSA) is 110 Å². The molecule has 0 unspecified atom stereocenters. The lowest BCUT2D eigenvalue weighted by Crippen LogP contribution is -2.37. The molecule has 0 radical (unpaired) electrons. The molecule has 0 amide bonds. The van der Waals surface area contributed by atoms with Crippen molar-refractivity contribution in [2.75, 3.05) is 6.61 Å². The number of sulfonamides is 1. The summed E-state index contributed by atoms with van der Waals surface area (Å²) in [5.41, 5.74) is 0.773. The summed E-state index contributed by atoms with van der Waals surface area (Å²) in [6.07, 6.45) is 0.418. The SMILES string of the molecule is CC[C@H](CO)NS(=O)(=O)c1c(C)cc(C)c([N+](=O)[O-])c1C. The van der Waals surface area contributed by atoms with Gasteiger partial charge < -0.3 is 5.11 Å². The van der Waals surface area contributed by atoms with Crippen LogP contribution in [-0.2, 0) is 10.0 Å². The maximum atomic E-state index is 12.4. The van der Waals surface area contributed by atoms with Gasteiger partial charge in [0.1, 0.15) is 0 Å². The average molecular weight is 316 g/mol. The van der Waals surface area contributed by atoms with Crippen LogP contribution in [0.5, 0.6) is 0 Å². The fraction of sp³-hybridized carbons (Fsp3) is 0.538. The first kappa shape index (κ1) is 17.5. The maximum Gasteiger partial charge on any atom is 0.276 e. The number of nitrogens with one attached hydrogen (secondary N) is 1. The minimum absolute atomic E-state index is 0.0910. The van der Waals surface area contributed by atoms with Gasteiger partial charge in [-0.1, -0.05) is 6.92 Å². The molecule has 1 rings (SSSR count). The lowest BCUT2D eigenvalue weighted by Gasteiger charge is -2.17. The number of hydrogen-bond donors (Lipinski definition) is 2. The van der Waals surface area contributed by atoms with Gasteiger partial charge in [0, 0.05) is 17.2 Å². The second-order valence-corrected chi connectivity index (χ2v) is 6.63. The number of aryl methyl sites for hydroxylation is 2. The third-order valence-electron chi connectivity index (χ3n) is 3.35. The highest BCUT2D eigenvalue weighted by atomic mass is 32.2. The van der Waals surface area contributed by atoms with E-state index in [-0.39, 0.29) is 22.8 Å². The summed E-state index contributed by atoms with van der Waals surface area (Å²) in [5.74, 6) is 0. The van der Waals surface area contributed by atoms with Crippen molar-refractivity contribution < 1.29 is 18.4 Å². The molecule has 0 bridgehead atoms. The van der Waals surface area contributed by atoms with Crippen molar-refractivity contribution in [2.45, 2.75) is 45.1 Å². The lowest BCUT2D eigenvalue weighted by atomic mass is 10.1. The van der Waals surface area contributed by atoms with Gasteiger partial charge in [0.05, 0.1) is 16.4 Å². The Morgan fingerprint density at radius 1 is 1.33 bits per heavy atom. The molecule has 0 saturated heterocycles. The summed E-state index contributed by atoms with van der Waals surface area (Å²) >= 11 is 0. The third kappa shape index (κ3) is 3.58. The molecule has 0 fully saturated rings. The first-order valence-electron chi connectivity index (χ1n) is 6.54. The monoisotopic (exact) mass is 316 g/mol. The van der Waals surface area contributed by atoms with Crippen molar-refractivity contribution in [1.29, 1.82) is 0 Å². The van der Waals surface area contributed by atoms with E-state index in [0.717, 1.165) is 0 Å². The Hall–Kier alpha value is -1.51.